The van der Waals surface area contributed by atoms with Crippen LogP contribution in [0.2, 0.25) is 0 Å². The average Bonchev–Trinajstić information content (AvgIpc) is 2.33. The Balaban J connectivity index is 2.56. The van der Waals surface area contributed by atoms with Gasteiger partial charge >= 0.3 is 0 Å². The van der Waals surface area contributed by atoms with Gasteiger partial charge in [0, 0.05) is 12.2 Å². The maximum absolute atomic E-state index is 11.3. The van der Waals surface area contributed by atoms with E-state index in [-0.39, 0.29) is 22.1 Å². The first-order chi connectivity index (χ1) is 9.65. The second-order valence-electron chi connectivity index (χ2n) is 4.38. The first kappa shape index (κ1) is 17.7. The van der Waals surface area contributed by atoms with Crippen LogP contribution in [0, 0.1) is 0 Å². The molecule has 0 saturated heterocycles. The normalized spacial score (nSPS) is 12.3. The topological polar surface area (TPSA) is 147 Å². The first-order valence-corrected chi connectivity index (χ1v) is 9.34. The van der Waals surface area contributed by atoms with E-state index in [0.29, 0.717) is 18.7 Å². The van der Waals surface area contributed by atoms with Crippen molar-refractivity contribution in [3.05, 3.63) is 18.2 Å². The van der Waals surface area contributed by atoms with Gasteiger partial charge in [-0.2, -0.15) is 8.42 Å². The third-order valence-corrected chi connectivity index (χ3v) is 5.29. The fourth-order valence-electron chi connectivity index (χ4n) is 1.66. The van der Waals surface area contributed by atoms with E-state index in [2.05, 4.69) is 5.32 Å². The van der Waals surface area contributed by atoms with Gasteiger partial charge in [0.05, 0.1) is 23.8 Å². The number of sulfone groups is 1. The monoisotopic (exact) mass is 338 g/mol. The second-order valence-corrected chi connectivity index (χ2v) is 8.08. The quantitative estimate of drug-likeness (QED) is 0.287. The van der Waals surface area contributed by atoms with Gasteiger partial charge in [0.25, 0.3) is 10.1 Å². The van der Waals surface area contributed by atoms with Crippen LogP contribution in [0.4, 0.5) is 11.4 Å². The largest absolute Gasteiger partial charge is 0.398 e. The number of nitrogens with two attached hydrogens (primary N) is 1. The summed E-state index contributed by atoms with van der Waals surface area (Å²) in [4.78, 5) is -0.376. The van der Waals surface area contributed by atoms with Crippen LogP contribution in [-0.2, 0) is 20.0 Å². The van der Waals surface area contributed by atoms with Crippen molar-refractivity contribution in [1.29, 1.82) is 0 Å². The zero-order chi connectivity index (χ0) is 16.1. The molecule has 1 rings (SSSR count). The van der Waals surface area contributed by atoms with E-state index in [1.807, 2.05) is 0 Å². The lowest BCUT2D eigenvalue weighted by atomic mass is 10.3. The number of anilines is 2. The molecule has 5 N–H and O–H groups in total. The molecule has 10 heteroatoms. The molecule has 0 fully saturated rings. The number of hydrogen-bond acceptors (Lipinski definition) is 7. The molecule has 0 unspecified atom stereocenters. The Kier molecular flexibility index (Phi) is 5.96. The van der Waals surface area contributed by atoms with E-state index < -0.39 is 26.6 Å². The Labute approximate surface area is 123 Å². The molecular formula is C11H18N2O6S2. The number of aliphatic hydroxyl groups is 1. The molecule has 0 amide bonds. The van der Waals surface area contributed by atoms with Crippen molar-refractivity contribution < 1.29 is 26.5 Å². The minimum atomic E-state index is -4.36. The van der Waals surface area contributed by atoms with Gasteiger partial charge in [-0.3, -0.25) is 4.55 Å². The molecule has 0 aliphatic heterocycles. The lowest BCUT2D eigenvalue weighted by Crippen LogP contribution is -2.16. The molecule has 0 bridgehead atoms. The lowest BCUT2D eigenvalue weighted by Gasteiger charge is -2.09. The number of rotatable bonds is 8. The van der Waals surface area contributed by atoms with Crippen LogP contribution in [0.15, 0.2) is 23.1 Å². The second kappa shape index (κ2) is 7.07. The van der Waals surface area contributed by atoms with Gasteiger partial charge in [-0.25, -0.2) is 8.42 Å². The third kappa shape index (κ3) is 5.87. The predicted molar refractivity (Wildman–Crippen MR) is 79.5 cm³/mol. The van der Waals surface area contributed by atoms with E-state index >= 15 is 0 Å². The fourth-order valence-corrected chi connectivity index (χ4v) is 3.32. The van der Waals surface area contributed by atoms with Gasteiger partial charge < -0.3 is 16.2 Å². The highest BCUT2D eigenvalue weighted by Crippen LogP contribution is 2.22. The molecule has 0 aliphatic carbocycles. The standard InChI is InChI=1S/C11H18N2O6S2/c12-10-8-9(2-3-11(10)21(17,18)19)13-4-1-6-20(15,16)7-5-14/h2-3,8,13-14H,1,4-7,12H2,(H,17,18,19). The van der Waals surface area contributed by atoms with Gasteiger partial charge in [0.2, 0.25) is 0 Å². The van der Waals surface area contributed by atoms with Crippen molar-refractivity contribution in [3.63, 3.8) is 0 Å². The minimum Gasteiger partial charge on any atom is -0.398 e. The molecular weight excluding hydrogens is 320 g/mol. The molecule has 0 atom stereocenters. The molecule has 0 spiro atoms. The van der Waals surface area contributed by atoms with E-state index in [4.69, 9.17) is 15.4 Å². The van der Waals surface area contributed by atoms with Gasteiger partial charge in [-0.15, -0.1) is 0 Å². The molecule has 0 heterocycles. The summed E-state index contributed by atoms with van der Waals surface area (Å²) in [6.07, 6.45) is 0.336. The summed E-state index contributed by atoms with van der Waals surface area (Å²) in [6, 6.07) is 3.92. The van der Waals surface area contributed by atoms with Crippen LogP contribution < -0.4 is 11.1 Å². The third-order valence-electron chi connectivity index (χ3n) is 2.65. The molecule has 1 aromatic rings. The van der Waals surface area contributed by atoms with Crippen molar-refractivity contribution in [2.75, 3.05) is 35.7 Å². The van der Waals surface area contributed by atoms with Crippen LogP contribution in [-0.4, -0.2) is 51.2 Å². The highest BCUT2D eigenvalue weighted by molar-refractivity contribution is 7.91. The van der Waals surface area contributed by atoms with E-state index in [9.17, 15) is 16.8 Å². The van der Waals surface area contributed by atoms with E-state index in [1.165, 1.54) is 12.1 Å². The summed E-state index contributed by atoms with van der Waals surface area (Å²) in [6.45, 7) is -0.0568. The van der Waals surface area contributed by atoms with Crippen LogP contribution in [0.3, 0.4) is 0 Å². The van der Waals surface area contributed by atoms with Crippen molar-refractivity contribution >= 4 is 31.3 Å². The maximum Gasteiger partial charge on any atom is 0.296 e. The van der Waals surface area contributed by atoms with Gasteiger partial charge in [0.1, 0.15) is 4.90 Å². The summed E-state index contributed by atoms with van der Waals surface area (Å²) in [5.41, 5.74) is 5.93. The van der Waals surface area contributed by atoms with Crippen LogP contribution in [0.25, 0.3) is 0 Å². The fraction of sp³-hybridized carbons (Fsp3) is 0.455. The van der Waals surface area contributed by atoms with E-state index in [1.54, 1.807) is 0 Å². The number of hydrogen-bond donors (Lipinski definition) is 4. The molecule has 0 radical (unpaired) electrons. The zero-order valence-electron chi connectivity index (χ0n) is 11.2. The first-order valence-electron chi connectivity index (χ1n) is 6.08. The zero-order valence-corrected chi connectivity index (χ0v) is 12.8. The van der Waals surface area contributed by atoms with Crippen molar-refractivity contribution in [2.45, 2.75) is 11.3 Å². The molecule has 0 aromatic heterocycles. The summed E-state index contributed by atoms with van der Waals surface area (Å²) >= 11 is 0. The molecule has 0 saturated carbocycles. The van der Waals surface area contributed by atoms with Gasteiger partial charge in [-0.1, -0.05) is 0 Å². The van der Waals surface area contributed by atoms with Crippen molar-refractivity contribution in [3.8, 4) is 0 Å². The molecule has 8 nitrogen and oxygen atoms in total. The molecule has 1 aromatic carbocycles. The van der Waals surface area contributed by atoms with Gasteiger partial charge in [-0.05, 0) is 24.6 Å². The predicted octanol–water partition coefficient (Wildman–Crippen LogP) is -0.275. The number of nitrogens with one attached hydrogen (secondary N) is 1. The molecule has 21 heavy (non-hydrogen) atoms. The average molecular weight is 338 g/mol. The Morgan fingerprint density at radius 3 is 2.33 bits per heavy atom. The Morgan fingerprint density at radius 2 is 1.81 bits per heavy atom. The highest BCUT2D eigenvalue weighted by atomic mass is 32.2. The maximum atomic E-state index is 11.3. The van der Waals surface area contributed by atoms with E-state index in [0.717, 1.165) is 6.07 Å². The number of nitrogen functional groups attached to an aromatic ring is 1. The summed E-state index contributed by atoms with van der Waals surface area (Å²) < 4.78 is 53.5. The molecule has 0 aliphatic rings. The summed E-state index contributed by atoms with van der Waals surface area (Å²) in [7, 11) is -7.60. The van der Waals surface area contributed by atoms with Crippen LogP contribution in [0.5, 0.6) is 0 Å². The number of aliphatic hydroxyl groups excluding tert-OH is 1. The SMILES string of the molecule is Nc1cc(NCCCS(=O)(=O)CCO)ccc1S(=O)(=O)O. The molecule has 120 valence electrons. The highest BCUT2D eigenvalue weighted by Gasteiger charge is 2.14. The van der Waals surface area contributed by atoms with Crippen LogP contribution in [0.1, 0.15) is 6.42 Å². The number of benzene rings is 1. The summed E-state index contributed by atoms with van der Waals surface area (Å²) in [5, 5.41) is 11.5. The lowest BCUT2D eigenvalue weighted by molar-refractivity contribution is 0.319. The Bertz CT molecular complexity index is 685. The van der Waals surface area contributed by atoms with Crippen molar-refractivity contribution in [1.82, 2.24) is 0 Å². The Morgan fingerprint density at radius 1 is 1.14 bits per heavy atom. The van der Waals surface area contributed by atoms with Crippen molar-refractivity contribution in [2.24, 2.45) is 0 Å². The summed E-state index contributed by atoms with van der Waals surface area (Å²) in [5.74, 6) is -0.317. The Hall–Kier alpha value is -1.36. The minimum absolute atomic E-state index is 0.0564. The van der Waals surface area contributed by atoms with Gasteiger partial charge in [0.15, 0.2) is 9.84 Å². The smallest absolute Gasteiger partial charge is 0.296 e. The van der Waals surface area contributed by atoms with Crippen LogP contribution >= 0.6 is 0 Å².